The van der Waals surface area contributed by atoms with E-state index in [9.17, 15) is 4.79 Å². The average Bonchev–Trinajstić information content (AvgIpc) is 3.43. The molecule has 7 nitrogen and oxygen atoms in total. The number of piperidine rings is 1. The fraction of sp³-hybridized carbons (Fsp3) is 0.303. The molecule has 204 valence electrons. The van der Waals surface area contributed by atoms with Gasteiger partial charge in [0, 0.05) is 43.3 Å². The van der Waals surface area contributed by atoms with E-state index >= 15 is 0 Å². The van der Waals surface area contributed by atoms with Gasteiger partial charge in [-0.1, -0.05) is 68.4 Å². The summed E-state index contributed by atoms with van der Waals surface area (Å²) in [5, 5.41) is 6.73. The van der Waals surface area contributed by atoms with Crippen LogP contribution in [0.5, 0.6) is 0 Å². The van der Waals surface area contributed by atoms with Crippen LogP contribution in [0, 0.1) is 5.92 Å². The van der Waals surface area contributed by atoms with Crippen LogP contribution in [0.3, 0.4) is 0 Å². The van der Waals surface area contributed by atoms with E-state index in [4.69, 9.17) is 9.97 Å². The van der Waals surface area contributed by atoms with Gasteiger partial charge in [-0.2, -0.15) is 0 Å². The summed E-state index contributed by atoms with van der Waals surface area (Å²) in [5.74, 6) is 1.26. The second-order valence-electron chi connectivity index (χ2n) is 11.1. The van der Waals surface area contributed by atoms with Gasteiger partial charge in [-0.05, 0) is 48.6 Å². The molecule has 3 heterocycles. The Balaban J connectivity index is 1.16. The topological polar surface area (TPSA) is 74.6 Å². The molecule has 6 rings (SSSR count). The van der Waals surface area contributed by atoms with E-state index in [0.29, 0.717) is 11.5 Å². The normalized spacial score (nSPS) is 14.7. The number of para-hydroxylation sites is 2. The van der Waals surface area contributed by atoms with Crippen LogP contribution in [0.1, 0.15) is 42.6 Å². The zero-order valence-electron chi connectivity index (χ0n) is 23.2. The van der Waals surface area contributed by atoms with E-state index < -0.39 is 0 Å². The molecule has 5 aromatic rings. The highest BCUT2D eigenvalue weighted by Crippen LogP contribution is 2.29. The molecule has 0 radical (unpaired) electrons. The molecule has 2 N–H and O–H groups in total. The molecule has 1 saturated heterocycles. The highest BCUT2D eigenvalue weighted by Gasteiger charge is 2.21. The summed E-state index contributed by atoms with van der Waals surface area (Å²) in [6.07, 6.45) is 3.82. The summed E-state index contributed by atoms with van der Waals surface area (Å²) in [5.41, 5.74) is 6.70. The van der Waals surface area contributed by atoms with Gasteiger partial charge in [0.05, 0.1) is 22.9 Å². The maximum absolute atomic E-state index is 13.1. The van der Waals surface area contributed by atoms with Gasteiger partial charge in [0.25, 0.3) is 5.91 Å². The zero-order valence-corrected chi connectivity index (χ0v) is 23.2. The molecule has 1 fully saturated rings. The molecule has 1 amide bonds. The second-order valence-corrected chi connectivity index (χ2v) is 11.1. The Hall–Kier alpha value is -4.23. The summed E-state index contributed by atoms with van der Waals surface area (Å²) in [7, 11) is 0. The number of nitrogens with one attached hydrogen (secondary N) is 2. The van der Waals surface area contributed by atoms with Gasteiger partial charge in [-0.3, -0.25) is 14.1 Å². The molecule has 0 atom stereocenters. The number of carbonyl (C=O) groups excluding carboxylic acids is 1. The van der Waals surface area contributed by atoms with Crippen LogP contribution >= 0.6 is 0 Å². The molecule has 0 saturated carbocycles. The maximum Gasteiger partial charge on any atom is 0.251 e. The fourth-order valence-electron chi connectivity index (χ4n) is 5.44. The standard InChI is InChI=1S/C33H36N6O/c1-23(2)20-34-31-32-35-21-30(39(32)29-11-7-6-10-28(29)37-31)25-12-14-26(15-13-25)33(40)36-27-16-18-38(19-17-27)22-24-8-4-3-5-9-24/h3-15,21,23,27H,16-20,22H2,1-2H3,(H,34,37)(H,36,40). The third-order valence-electron chi connectivity index (χ3n) is 7.62. The Kier molecular flexibility index (Phi) is 7.47. The number of benzene rings is 3. The number of aromatic nitrogens is 3. The molecule has 40 heavy (non-hydrogen) atoms. The smallest absolute Gasteiger partial charge is 0.251 e. The highest BCUT2D eigenvalue weighted by atomic mass is 16.1. The molecule has 0 aliphatic carbocycles. The molecule has 1 aliphatic heterocycles. The van der Waals surface area contributed by atoms with E-state index in [2.05, 4.69) is 70.2 Å². The van der Waals surface area contributed by atoms with Gasteiger partial charge >= 0.3 is 0 Å². The zero-order chi connectivity index (χ0) is 27.5. The van der Waals surface area contributed by atoms with E-state index in [-0.39, 0.29) is 11.9 Å². The molecule has 0 unspecified atom stereocenters. The van der Waals surface area contributed by atoms with Crippen LogP contribution in [-0.4, -0.2) is 50.9 Å². The number of hydrogen-bond donors (Lipinski definition) is 2. The first-order chi connectivity index (χ1) is 19.5. The number of rotatable bonds is 8. The van der Waals surface area contributed by atoms with Crippen LogP contribution in [-0.2, 0) is 6.54 Å². The lowest BCUT2D eigenvalue weighted by molar-refractivity contribution is 0.0909. The number of carbonyl (C=O) groups is 1. The number of likely N-dealkylation sites (tertiary alicyclic amines) is 1. The van der Waals surface area contributed by atoms with Crippen molar-refractivity contribution in [3.05, 3.63) is 96.2 Å². The third kappa shape index (κ3) is 5.56. The highest BCUT2D eigenvalue weighted by molar-refractivity contribution is 5.95. The van der Waals surface area contributed by atoms with Crippen LogP contribution in [0.15, 0.2) is 85.1 Å². The lowest BCUT2D eigenvalue weighted by Gasteiger charge is -2.32. The van der Waals surface area contributed by atoms with Crippen molar-refractivity contribution < 1.29 is 4.79 Å². The van der Waals surface area contributed by atoms with E-state index in [1.54, 1.807) is 0 Å². The predicted molar refractivity (Wildman–Crippen MR) is 161 cm³/mol. The van der Waals surface area contributed by atoms with Crippen molar-refractivity contribution in [1.82, 2.24) is 24.6 Å². The number of imidazole rings is 1. The Morgan fingerprint density at radius 1 is 0.950 bits per heavy atom. The van der Waals surface area contributed by atoms with E-state index in [1.807, 2.05) is 48.7 Å². The lowest BCUT2D eigenvalue weighted by Crippen LogP contribution is -2.44. The van der Waals surface area contributed by atoms with Crippen molar-refractivity contribution >= 4 is 28.4 Å². The third-order valence-corrected chi connectivity index (χ3v) is 7.62. The minimum absolute atomic E-state index is 0.0129. The molecule has 7 heteroatoms. The van der Waals surface area contributed by atoms with Crippen LogP contribution in [0.4, 0.5) is 5.82 Å². The largest absolute Gasteiger partial charge is 0.367 e. The predicted octanol–water partition coefficient (Wildman–Crippen LogP) is 6.01. The van der Waals surface area contributed by atoms with Gasteiger partial charge < -0.3 is 10.6 Å². The number of hydrogen-bond acceptors (Lipinski definition) is 5. The summed E-state index contributed by atoms with van der Waals surface area (Å²) < 4.78 is 2.16. The monoisotopic (exact) mass is 532 g/mol. The quantitative estimate of drug-likeness (QED) is 0.256. The van der Waals surface area contributed by atoms with Crippen molar-refractivity contribution in [3.63, 3.8) is 0 Å². The molecule has 2 aromatic heterocycles. The number of anilines is 1. The van der Waals surface area contributed by atoms with Gasteiger partial charge in [-0.25, -0.2) is 9.97 Å². The van der Waals surface area contributed by atoms with Crippen LogP contribution in [0.25, 0.3) is 27.9 Å². The van der Waals surface area contributed by atoms with E-state index in [0.717, 1.165) is 72.8 Å². The van der Waals surface area contributed by atoms with Crippen LogP contribution < -0.4 is 10.6 Å². The van der Waals surface area contributed by atoms with E-state index in [1.165, 1.54) is 5.56 Å². The molecular formula is C33H36N6O. The molecule has 3 aromatic carbocycles. The minimum Gasteiger partial charge on any atom is -0.367 e. The Morgan fingerprint density at radius 3 is 2.42 bits per heavy atom. The average molecular weight is 533 g/mol. The van der Waals surface area contributed by atoms with Crippen molar-refractivity contribution in [2.75, 3.05) is 25.0 Å². The summed E-state index contributed by atoms with van der Waals surface area (Å²) in [4.78, 5) is 25.1. The summed E-state index contributed by atoms with van der Waals surface area (Å²) in [6, 6.07) is 26.7. The van der Waals surface area contributed by atoms with Crippen molar-refractivity contribution in [2.24, 2.45) is 5.92 Å². The van der Waals surface area contributed by atoms with Gasteiger partial charge in [0.1, 0.15) is 0 Å². The molecule has 0 bridgehead atoms. The second kappa shape index (κ2) is 11.5. The molecule has 1 aliphatic rings. The SMILES string of the molecule is CC(C)CNc1nc2ccccc2n2c(-c3ccc(C(=O)NC4CCN(Cc5ccccc5)CC4)cc3)cnc12. The van der Waals surface area contributed by atoms with Crippen molar-refractivity contribution in [1.29, 1.82) is 0 Å². The first kappa shape index (κ1) is 26.0. The first-order valence-corrected chi connectivity index (χ1v) is 14.2. The summed E-state index contributed by atoms with van der Waals surface area (Å²) >= 11 is 0. The maximum atomic E-state index is 13.1. The number of nitrogens with zero attached hydrogens (tertiary/aromatic N) is 4. The Bertz CT molecular complexity index is 1600. The van der Waals surface area contributed by atoms with Gasteiger partial charge in [-0.15, -0.1) is 0 Å². The summed E-state index contributed by atoms with van der Waals surface area (Å²) in [6.45, 7) is 8.11. The molecule has 0 spiro atoms. The van der Waals surface area contributed by atoms with Crippen molar-refractivity contribution in [3.8, 4) is 11.3 Å². The molecular weight excluding hydrogens is 496 g/mol. The number of amides is 1. The Labute approximate surface area is 235 Å². The van der Waals surface area contributed by atoms with Crippen molar-refractivity contribution in [2.45, 2.75) is 39.3 Å². The van der Waals surface area contributed by atoms with Gasteiger partial charge in [0.15, 0.2) is 11.5 Å². The first-order valence-electron chi connectivity index (χ1n) is 14.2. The minimum atomic E-state index is -0.0129. The fourth-order valence-corrected chi connectivity index (χ4v) is 5.44. The lowest BCUT2D eigenvalue weighted by atomic mass is 10.0. The number of fused-ring (bicyclic) bond motifs is 3. The van der Waals surface area contributed by atoms with Gasteiger partial charge in [0.2, 0.25) is 0 Å². The Morgan fingerprint density at radius 2 is 1.68 bits per heavy atom. The van der Waals surface area contributed by atoms with Crippen LogP contribution in [0.2, 0.25) is 0 Å².